The van der Waals surface area contributed by atoms with Crippen LogP contribution in [0.4, 0.5) is 0 Å². The average Bonchev–Trinajstić information content (AvgIpc) is 2.34. The van der Waals surface area contributed by atoms with Crippen molar-refractivity contribution < 1.29 is 5.21 Å². The Labute approximate surface area is 105 Å². The van der Waals surface area contributed by atoms with E-state index in [-0.39, 0.29) is 0 Å². The maximum atomic E-state index is 8.42. The van der Waals surface area contributed by atoms with Gasteiger partial charge in [0, 0.05) is 12.5 Å². The summed E-state index contributed by atoms with van der Waals surface area (Å²) in [5, 5.41) is 11.4. The highest BCUT2D eigenvalue weighted by molar-refractivity contribution is 5.79. The van der Waals surface area contributed by atoms with Gasteiger partial charge in [-0.05, 0) is 58.0 Å². The summed E-state index contributed by atoms with van der Waals surface area (Å²) in [5.74, 6) is 1.26. The molecule has 0 aromatic heterocycles. The van der Waals surface area contributed by atoms with Gasteiger partial charge in [0.15, 0.2) is 0 Å². The number of nitrogens with two attached hydrogens (primary N) is 1. The smallest absolute Gasteiger partial charge is 0.139 e. The SMILES string of the molecule is CC1CCC(N(C)CCCCC(N)=NO)CC1. The highest BCUT2D eigenvalue weighted by Gasteiger charge is 2.20. The highest BCUT2D eigenvalue weighted by atomic mass is 16.4. The molecule has 3 N–H and O–H groups in total. The van der Waals surface area contributed by atoms with Gasteiger partial charge in [0.1, 0.15) is 5.84 Å². The van der Waals surface area contributed by atoms with E-state index in [4.69, 9.17) is 10.9 Å². The summed E-state index contributed by atoms with van der Waals surface area (Å²) in [5.41, 5.74) is 5.43. The summed E-state index contributed by atoms with van der Waals surface area (Å²) in [4.78, 5) is 2.48. The molecule has 0 atom stereocenters. The minimum Gasteiger partial charge on any atom is -0.409 e. The minimum absolute atomic E-state index is 0.346. The zero-order valence-corrected chi connectivity index (χ0v) is 11.2. The summed E-state index contributed by atoms with van der Waals surface area (Å²) in [6.45, 7) is 3.48. The van der Waals surface area contributed by atoms with Crippen molar-refractivity contribution in [3.8, 4) is 0 Å². The van der Waals surface area contributed by atoms with Crippen LogP contribution in [0, 0.1) is 5.92 Å². The number of hydrogen-bond acceptors (Lipinski definition) is 3. The van der Waals surface area contributed by atoms with E-state index in [2.05, 4.69) is 24.0 Å². The van der Waals surface area contributed by atoms with Crippen LogP contribution in [0.25, 0.3) is 0 Å². The van der Waals surface area contributed by atoms with Crippen molar-refractivity contribution in [1.82, 2.24) is 4.90 Å². The molecule has 0 radical (unpaired) electrons. The largest absolute Gasteiger partial charge is 0.409 e. The molecule has 0 bridgehead atoms. The van der Waals surface area contributed by atoms with Crippen LogP contribution in [-0.2, 0) is 0 Å². The average molecular weight is 241 g/mol. The Kier molecular flexibility index (Phi) is 6.34. The van der Waals surface area contributed by atoms with E-state index in [1.165, 1.54) is 25.7 Å². The monoisotopic (exact) mass is 241 g/mol. The number of unbranched alkanes of at least 4 members (excludes halogenated alkanes) is 1. The molecule has 1 rings (SSSR count). The number of rotatable bonds is 6. The van der Waals surface area contributed by atoms with Crippen LogP contribution in [0.15, 0.2) is 5.16 Å². The molecular formula is C13H27N3O. The molecular weight excluding hydrogens is 214 g/mol. The zero-order chi connectivity index (χ0) is 12.7. The van der Waals surface area contributed by atoms with Crippen LogP contribution < -0.4 is 5.73 Å². The van der Waals surface area contributed by atoms with Crippen molar-refractivity contribution in [3.05, 3.63) is 0 Å². The van der Waals surface area contributed by atoms with Crippen molar-refractivity contribution >= 4 is 5.84 Å². The molecule has 0 heterocycles. The molecule has 0 aliphatic heterocycles. The molecule has 0 unspecified atom stereocenters. The summed E-state index contributed by atoms with van der Waals surface area (Å²) >= 11 is 0. The molecule has 17 heavy (non-hydrogen) atoms. The first-order valence-corrected chi connectivity index (χ1v) is 6.80. The van der Waals surface area contributed by atoms with Crippen LogP contribution >= 0.6 is 0 Å². The maximum Gasteiger partial charge on any atom is 0.139 e. The van der Waals surface area contributed by atoms with E-state index in [0.717, 1.165) is 31.3 Å². The fourth-order valence-electron chi connectivity index (χ4n) is 2.58. The number of amidine groups is 1. The van der Waals surface area contributed by atoms with E-state index in [9.17, 15) is 0 Å². The normalized spacial score (nSPS) is 26.4. The lowest BCUT2D eigenvalue weighted by Crippen LogP contribution is -2.35. The van der Waals surface area contributed by atoms with Crippen LogP contribution in [0.3, 0.4) is 0 Å². The van der Waals surface area contributed by atoms with E-state index in [1.807, 2.05) is 0 Å². The number of nitrogens with zero attached hydrogens (tertiary/aromatic N) is 2. The Balaban J connectivity index is 2.10. The fraction of sp³-hybridized carbons (Fsp3) is 0.923. The first kappa shape index (κ1) is 14.3. The van der Waals surface area contributed by atoms with Gasteiger partial charge < -0.3 is 15.8 Å². The fourth-order valence-corrected chi connectivity index (χ4v) is 2.58. The van der Waals surface area contributed by atoms with Gasteiger partial charge in [-0.15, -0.1) is 0 Å². The van der Waals surface area contributed by atoms with Crippen molar-refractivity contribution in [2.75, 3.05) is 13.6 Å². The molecule has 0 amide bonds. The molecule has 1 aliphatic rings. The topological polar surface area (TPSA) is 61.8 Å². The summed E-state index contributed by atoms with van der Waals surface area (Å²) in [7, 11) is 2.23. The maximum absolute atomic E-state index is 8.42. The van der Waals surface area contributed by atoms with Crippen molar-refractivity contribution in [3.63, 3.8) is 0 Å². The predicted octanol–water partition coefficient (Wildman–Crippen LogP) is 2.41. The van der Waals surface area contributed by atoms with Crippen LogP contribution in [0.1, 0.15) is 51.9 Å². The van der Waals surface area contributed by atoms with Crippen molar-refractivity contribution in [1.29, 1.82) is 0 Å². The molecule has 0 aromatic rings. The standard InChI is InChI=1S/C13H27N3O/c1-11-6-8-12(9-7-11)16(2)10-4-3-5-13(14)15-17/h11-12,17H,3-10H2,1-2H3,(H2,14,15). The van der Waals surface area contributed by atoms with Gasteiger partial charge in [-0.2, -0.15) is 0 Å². The summed E-state index contributed by atoms with van der Waals surface area (Å²) < 4.78 is 0. The van der Waals surface area contributed by atoms with Gasteiger partial charge in [-0.25, -0.2) is 0 Å². The minimum atomic E-state index is 0.346. The van der Waals surface area contributed by atoms with Crippen molar-refractivity contribution in [2.45, 2.75) is 57.9 Å². The Morgan fingerprint density at radius 3 is 2.53 bits per heavy atom. The van der Waals surface area contributed by atoms with E-state index < -0.39 is 0 Å². The molecule has 4 nitrogen and oxygen atoms in total. The molecule has 1 saturated carbocycles. The first-order chi connectivity index (χ1) is 8.13. The van der Waals surface area contributed by atoms with Gasteiger partial charge in [0.05, 0.1) is 0 Å². The Hall–Kier alpha value is -0.770. The quantitative estimate of drug-likeness (QED) is 0.247. The molecule has 4 heteroatoms. The van der Waals surface area contributed by atoms with Gasteiger partial charge in [0.2, 0.25) is 0 Å². The summed E-state index contributed by atoms with van der Waals surface area (Å²) in [6.07, 6.45) is 8.27. The second-order valence-corrected chi connectivity index (χ2v) is 5.44. The number of hydrogen-bond donors (Lipinski definition) is 2. The first-order valence-electron chi connectivity index (χ1n) is 6.80. The highest BCUT2D eigenvalue weighted by Crippen LogP contribution is 2.26. The molecule has 1 aliphatic carbocycles. The Bertz CT molecular complexity index is 235. The lowest BCUT2D eigenvalue weighted by atomic mass is 9.87. The van der Waals surface area contributed by atoms with E-state index in [0.29, 0.717) is 12.3 Å². The summed E-state index contributed by atoms with van der Waals surface area (Å²) in [6, 6.07) is 0.773. The molecule has 0 aromatic carbocycles. The number of oxime groups is 1. The zero-order valence-electron chi connectivity index (χ0n) is 11.2. The molecule has 0 saturated heterocycles. The van der Waals surface area contributed by atoms with Gasteiger partial charge >= 0.3 is 0 Å². The third-order valence-electron chi connectivity index (χ3n) is 3.93. The van der Waals surface area contributed by atoms with Gasteiger partial charge in [-0.3, -0.25) is 0 Å². The molecule has 0 spiro atoms. The van der Waals surface area contributed by atoms with E-state index in [1.54, 1.807) is 0 Å². The second-order valence-electron chi connectivity index (χ2n) is 5.44. The second kappa shape index (κ2) is 7.54. The lowest BCUT2D eigenvalue weighted by molar-refractivity contribution is 0.168. The Morgan fingerprint density at radius 1 is 1.29 bits per heavy atom. The molecule has 100 valence electrons. The Morgan fingerprint density at radius 2 is 1.94 bits per heavy atom. The van der Waals surface area contributed by atoms with Crippen LogP contribution in [-0.4, -0.2) is 35.6 Å². The molecule has 1 fully saturated rings. The van der Waals surface area contributed by atoms with Crippen LogP contribution in [0.2, 0.25) is 0 Å². The third-order valence-corrected chi connectivity index (χ3v) is 3.93. The third kappa shape index (κ3) is 5.39. The van der Waals surface area contributed by atoms with Gasteiger partial charge in [0.25, 0.3) is 0 Å². The predicted molar refractivity (Wildman–Crippen MR) is 71.3 cm³/mol. The van der Waals surface area contributed by atoms with E-state index >= 15 is 0 Å². The van der Waals surface area contributed by atoms with Gasteiger partial charge in [-0.1, -0.05) is 12.1 Å². The van der Waals surface area contributed by atoms with Crippen molar-refractivity contribution in [2.24, 2.45) is 16.8 Å². The van der Waals surface area contributed by atoms with Crippen LogP contribution in [0.5, 0.6) is 0 Å². The lowest BCUT2D eigenvalue weighted by Gasteiger charge is -2.33.